The van der Waals surface area contributed by atoms with Gasteiger partial charge in [0.2, 0.25) is 5.69 Å². The van der Waals surface area contributed by atoms with E-state index in [0.29, 0.717) is 0 Å². The van der Waals surface area contributed by atoms with Crippen molar-refractivity contribution in [2.75, 3.05) is 0 Å². The minimum Gasteiger partial charge on any atom is -1.00 e. The minimum absolute atomic E-state index is 0. The highest BCUT2D eigenvalue weighted by Crippen LogP contribution is 2.10. The molecule has 0 radical (unpaired) electrons. The molecule has 2 aromatic rings. The number of rotatable bonds is 11. The minimum atomic E-state index is 0. The monoisotopic (exact) mass is 406 g/mol. The lowest BCUT2D eigenvalue weighted by atomic mass is 10.1. The molecular formula is C22H35BrN2. The summed E-state index contributed by atoms with van der Waals surface area (Å²) in [5.41, 5.74) is 4.11. The van der Waals surface area contributed by atoms with E-state index in [4.69, 9.17) is 0 Å². The number of aromatic nitrogens is 2. The lowest BCUT2D eigenvalue weighted by molar-refractivity contribution is -0.773. The van der Waals surface area contributed by atoms with Crippen molar-refractivity contribution in [3.05, 3.63) is 53.3 Å². The number of nitrogens with zero attached hydrogens (tertiary/aromatic N) is 2. The zero-order chi connectivity index (χ0) is 17.2. The lowest BCUT2D eigenvalue weighted by Gasteiger charge is -2.07. The van der Waals surface area contributed by atoms with E-state index in [2.05, 4.69) is 66.5 Å². The number of hydrogen-bond donors (Lipinski definition) is 0. The molecule has 1 heterocycles. The normalized spacial score (nSPS) is 10.7. The number of halogens is 1. The van der Waals surface area contributed by atoms with Crippen LogP contribution in [0.15, 0.2) is 36.4 Å². The summed E-state index contributed by atoms with van der Waals surface area (Å²) in [6.45, 7) is 8.85. The molecule has 0 N–H and O–H groups in total. The maximum Gasteiger partial charge on any atom is 0.205 e. The van der Waals surface area contributed by atoms with Gasteiger partial charge in [0.05, 0.1) is 12.2 Å². The van der Waals surface area contributed by atoms with Gasteiger partial charge < -0.3 is 17.0 Å². The predicted octanol–water partition coefficient (Wildman–Crippen LogP) is 2.59. The topological polar surface area (TPSA) is 8.81 Å². The average molecular weight is 407 g/mol. The smallest absolute Gasteiger partial charge is 0.205 e. The van der Waals surface area contributed by atoms with Crippen LogP contribution in [0.2, 0.25) is 0 Å². The fourth-order valence-corrected chi connectivity index (χ4v) is 3.49. The fraction of sp³-hybridized carbons (Fsp3) is 0.591. The summed E-state index contributed by atoms with van der Waals surface area (Å²) in [5.74, 6) is 0. The van der Waals surface area contributed by atoms with E-state index in [9.17, 15) is 0 Å². The van der Waals surface area contributed by atoms with E-state index in [-0.39, 0.29) is 17.0 Å². The molecule has 2 rings (SSSR count). The van der Waals surface area contributed by atoms with Crippen LogP contribution in [-0.2, 0) is 13.1 Å². The van der Waals surface area contributed by atoms with E-state index in [1.807, 2.05) is 0 Å². The molecule has 140 valence electrons. The molecule has 25 heavy (non-hydrogen) atoms. The second-order valence-electron chi connectivity index (χ2n) is 7.07. The summed E-state index contributed by atoms with van der Waals surface area (Å²) in [4.78, 5) is 0. The van der Waals surface area contributed by atoms with Gasteiger partial charge in [-0.1, -0.05) is 82.2 Å². The van der Waals surface area contributed by atoms with Gasteiger partial charge in [0, 0.05) is 18.6 Å². The Morgan fingerprint density at radius 3 is 2.08 bits per heavy atom. The molecule has 1 aromatic heterocycles. The van der Waals surface area contributed by atoms with Gasteiger partial charge in [0.25, 0.3) is 0 Å². The molecule has 0 amide bonds. The average Bonchev–Trinajstić information content (AvgIpc) is 2.85. The van der Waals surface area contributed by atoms with E-state index in [0.717, 1.165) is 13.1 Å². The van der Waals surface area contributed by atoms with Gasteiger partial charge in [0.15, 0.2) is 6.54 Å². The van der Waals surface area contributed by atoms with Crippen molar-refractivity contribution < 1.29 is 21.7 Å². The molecule has 0 aliphatic heterocycles. The molecule has 0 atom stereocenters. The first-order valence-electron chi connectivity index (χ1n) is 9.83. The second-order valence-corrected chi connectivity index (χ2v) is 7.07. The van der Waals surface area contributed by atoms with E-state index in [1.54, 1.807) is 0 Å². The van der Waals surface area contributed by atoms with E-state index < -0.39 is 0 Å². The quantitative estimate of drug-likeness (QED) is 0.400. The van der Waals surface area contributed by atoms with Crippen molar-refractivity contribution in [3.63, 3.8) is 0 Å². The van der Waals surface area contributed by atoms with Crippen molar-refractivity contribution in [2.24, 2.45) is 0 Å². The molecule has 2 nitrogen and oxygen atoms in total. The zero-order valence-electron chi connectivity index (χ0n) is 16.3. The number of hydrogen-bond acceptors (Lipinski definition) is 0. The van der Waals surface area contributed by atoms with Crippen LogP contribution in [0.3, 0.4) is 0 Å². The van der Waals surface area contributed by atoms with Gasteiger partial charge in [-0.15, -0.1) is 4.68 Å². The highest BCUT2D eigenvalue weighted by atomic mass is 79.9. The summed E-state index contributed by atoms with van der Waals surface area (Å²) in [5, 5.41) is 0. The molecule has 0 saturated heterocycles. The molecule has 0 unspecified atom stereocenters. The van der Waals surface area contributed by atoms with Crippen molar-refractivity contribution >= 4 is 0 Å². The maximum atomic E-state index is 2.47. The molecule has 0 fully saturated rings. The third-order valence-corrected chi connectivity index (χ3v) is 4.92. The Kier molecular flexibility index (Phi) is 10.8. The van der Waals surface area contributed by atoms with Gasteiger partial charge in [-0.05, 0) is 13.3 Å². The summed E-state index contributed by atoms with van der Waals surface area (Å²) in [7, 11) is 0. The molecule has 0 spiro atoms. The van der Waals surface area contributed by atoms with Crippen molar-refractivity contribution in [1.29, 1.82) is 0 Å². The van der Waals surface area contributed by atoms with Crippen LogP contribution in [-0.4, -0.2) is 4.68 Å². The van der Waals surface area contributed by atoms with E-state index in [1.165, 1.54) is 68.3 Å². The Hall–Kier alpha value is -1.09. The summed E-state index contributed by atoms with van der Waals surface area (Å²) in [6.07, 6.45) is 11.0. The summed E-state index contributed by atoms with van der Waals surface area (Å²) < 4.78 is 4.91. The van der Waals surface area contributed by atoms with Gasteiger partial charge in [-0.25, -0.2) is 0 Å². The van der Waals surface area contributed by atoms with Gasteiger partial charge in [0.1, 0.15) is 0 Å². The summed E-state index contributed by atoms with van der Waals surface area (Å²) in [6, 6.07) is 13.1. The van der Waals surface area contributed by atoms with Crippen LogP contribution in [0.4, 0.5) is 0 Å². The van der Waals surface area contributed by atoms with Gasteiger partial charge >= 0.3 is 0 Å². The Labute approximate surface area is 165 Å². The highest BCUT2D eigenvalue weighted by Gasteiger charge is 2.17. The van der Waals surface area contributed by atoms with Crippen molar-refractivity contribution in [2.45, 2.75) is 85.2 Å². The standard InChI is InChI=1S/C22H35N2.BrH/c1-4-5-6-7-8-9-10-14-17-23-20(2)18-21(3)24(23)19-22-15-12-11-13-16-22;/h11-13,15-16,18H,4-10,14,17,19H2,1-3H3;1H/q+1;/p-1. The van der Waals surface area contributed by atoms with Crippen LogP contribution in [0, 0.1) is 13.8 Å². The summed E-state index contributed by atoms with van der Waals surface area (Å²) >= 11 is 0. The van der Waals surface area contributed by atoms with Crippen LogP contribution in [0.5, 0.6) is 0 Å². The predicted molar refractivity (Wildman–Crippen MR) is 102 cm³/mol. The van der Waals surface area contributed by atoms with E-state index >= 15 is 0 Å². The van der Waals surface area contributed by atoms with Gasteiger partial charge in [-0.3, -0.25) is 0 Å². The third-order valence-electron chi connectivity index (χ3n) is 4.92. The molecule has 3 heteroatoms. The molecule has 0 saturated carbocycles. The Balaban J connectivity index is 0.00000312. The first-order valence-corrected chi connectivity index (χ1v) is 9.83. The zero-order valence-corrected chi connectivity index (χ0v) is 17.9. The van der Waals surface area contributed by atoms with Crippen LogP contribution in [0.1, 0.15) is 75.2 Å². The lowest BCUT2D eigenvalue weighted by Crippen LogP contribution is -3.00. The molecule has 1 aromatic carbocycles. The highest BCUT2D eigenvalue weighted by molar-refractivity contribution is 5.13. The van der Waals surface area contributed by atoms with Crippen molar-refractivity contribution in [3.8, 4) is 0 Å². The van der Waals surface area contributed by atoms with Crippen LogP contribution >= 0.6 is 0 Å². The Morgan fingerprint density at radius 1 is 0.840 bits per heavy atom. The van der Waals surface area contributed by atoms with Crippen molar-refractivity contribution in [1.82, 2.24) is 4.68 Å². The molecule has 0 bridgehead atoms. The Bertz CT molecular complexity index is 590. The van der Waals surface area contributed by atoms with Gasteiger partial charge in [-0.2, -0.15) is 4.68 Å². The first kappa shape index (κ1) is 22.0. The second kappa shape index (κ2) is 12.3. The Morgan fingerprint density at radius 2 is 1.44 bits per heavy atom. The van der Waals surface area contributed by atoms with Crippen LogP contribution in [0.25, 0.3) is 0 Å². The maximum absolute atomic E-state index is 2.47. The first-order chi connectivity index (χ1) is 11.7. The largest absolute Gasteiger partial charge is 1.00 e. The number of aryl methyl sites for hydroxylation is 2. The molecular weight excluding hydrogens is 372 g/mol. The number of benzene rings is 1. The fourth-order valence-electron chi connectivity index (χ4n) is 3.49. The molecule has 0 aliphatic carbocycles. The molecule has 0 aliphatic rings. The number of unbranched alkanes of at least 4 members (excludes halogenated alkanes) is 7. The van der Waals surface area contributed by atoms with Crippen LogP contribution < -0.4 is 21.7 Å². The SMILES string of the molecule is CCCCCCCCCCn1c(C)cc(C)[n+]1Cc1ccccc1.[Br-]. The third kappa shape index (κ3) is 7.35.